The molecule has 1 fully saturated rings. The highest BCUT2D eigenvalue weighted by Crippen LogP contribution is 2.37. The molecule has 0 saturated heterocycles. The summed E-state index contributed by atoms with van der Waals surface area (Å²) in [5.41, 5.74) is 5.18. The molecule has 0 spiro atoms. The molecule has 0 aliphatic heterocycles. The first-order chi connectivity index (χ1) is 5.92. The number of nitrogens with two attached hydrogens (primary N) is 1. The van der Waals surface area contributed by atoms with Gasteiger partial charge in [0.15, 0.2) is 0 Å². The number of rotatable bonds is 2. The molecular weight excluding hydrogens is 222 g/mol. The van der Waals surface area contributed by atoms with Crippen molar-refractivity contribution in [3.05, 3.63) is 0 Å². The molecule has 14 heavy (non-hydrogen) atoms. The highest BCUT2D eigenvalue weighted by molar-refractivity contribution is 5.85. The molecule has 2 N–H and O–H groups in total. The van der Waals surface area contributed by atoms with E-state index >= 15 is 0 Å². The fourth-order valence-corrected chi connectivity index (χ4v) is 1.65. The van der Waals surface area contributed by atoms with E-state index in [0.29, 0.717) is 0 Å². The van der Waals surface area contributed by atoms with Crippen LogP contribution in [0, 0.1) is 5.92 Å². The van der Waals surface area contributed by atoms with Gasteiger partial charge in [-0.2, -0.15) is 0 Å². The lowest BCUT2D eigenvalue weighted by molar-refractivity contribution is -0.0558. The number of alkyl halides is 4. The Bertz CT molecular complexity index is 167. The monoisotopic (exact) mass is 235 g/mol. The van der Waals surface area contributed by atoms with E-state index in [1.165, 1.54) is 0 Å². The van der Waals surface area contributed by atoms with Crippen LogP contribution in [0.3, 0.4) is 0 Å². The minimum Gasteiger partial charge on any atom is -0.323 e. The smallest absolute Gasteiger partial charge is 0.253 e. The van der Waals surface area contributed by atoms with Gasteiger partial charge in [-0.25, -0.2) is 17.6 Å². The Morgan fingerprint density at radius 2 is 1.57 bits per heavy atom. The fourth-order valence-electron chi connectivity index (χ4n) is 1.65. The van der Waals surface area contributed by atoms with Gasteiger partial charge in [0.05, 0.1) is 6.04 Å². The number of hydrogen-bond acceptors (Lipinski definition) is 1. The minimum absolute atomic E-state index is 0. The normalized spacial score (nSPS) is 24.4. The van der Waals surface area contributed by atoms with Gasteiger partial charge in [-0.3, -0.25) is 0 Å². The van der Waals surface area contributed by atoms with Gasteiger partial charge in [-0.1, -0.05) is 0 Å². The Morgan fingerprint density at radius 1 is 1.14 bits per heavy atom. The molecule has 0 heterocycles. The molecule has 0 bridgehead atoms. The van der Waals surface area contributed by atoms with Crippen molar-refractivity contribution in [2.75, 3.05) is 0 Å². The Morgan fingerprint density at radius 3 is 1.93 bits per heavy atom. The second-order valence-electron chi connectivity index (χ2n) is 3.61. The van der Waals surface area contributed by atoms with Crippen LogP contribution in [0.5, 0.6) is 0 Å². The maximum Gasteiger partial charge on any atom is 0.253 e. The van der Waals surface area contributed by atoms with Crippen molar-refractivity contribution < 1.29 is 17.6 Å². The van der Waals surface area contributed by atoms with Gasteiger partial charge in [0.2, 0.25) is 5.92 Å². The first kappa shape index (κ1) is 14.0. The van der Waals surface area contributed by atoms with Crippen LogP contribution in [-0.4, -0.2) is 18.4 Å². The molecular formula is C8H14ClF4N. The van der Waals surface area contributed by atoms with Gasteiger partial charge in [0, 0.05) is 12.8 Å². The van der Waals surface area contributed by atoms with E-state index in [1.54, 1.807) is 0 Å². The Balaban J connectivity index is 0.00000169. The minimum atomic E-state index is -2.67. The predicted molar refractivity (Wildman–Crippen MR) is 48.1 cm³/mol. The molecule has 86 valence electrons. The van der Waals surface area contributed by atoms with Crippen LogP contribution < -0.4 is 5.73 Å². The first-order valence-electron chi connectivity index (χ1n) is 4.34. The average Bonchev–Trinajstić information content (AvgIpc) is 2.03. The largest absolute Gasteiger partial charge is 0.323 e. The van der Waals surface area contributed by atoms with E-state index in [-0.39, 0.29) is 38.1 Å². The van der Waals surface area contributed by atoms with Gasteiger partial charge < -0.3 is 5.73 Å². The van der Waals surface area contributed by atoms with Crippen LogP contribution in [0.1, 0.15) is 25.7 Å². The summed E-state index contributed by atoms with van der Waals surface area (Å²) in [7, 11) is 0. The van der Waals surface area contributed by atoms with Crippen molar-refractivity contribution in [3.8, 4) is 0 Å². The summed E-state index contributed by atoms with van der Waals surface area (Å²) >= 11 is 0. The summed E-state index contributed by atoms with van der Waals surface area (Å²) in [4.78, 5) is 0. The lowest BCUT2D eigenvalue weighted by Crippen LogP contribution is -2.40. The second kappa shape index (κ2) is 5.16. The van der Waals surface area contributed by atoms with Crippen molar-refractivity contribution >= 4 is 12.4 Å². The van der Waals surface area contributed by atoms with E-state index in [9.17, 15) is 17.6 Å². The van der Waals surface area contributed by atoms with Crippen molar-refractivity contribution in [1.82, 2.24) is 0 Å². The molecule has 1 aliphatic carbocycles. The molecule has 1 rings (SSSR count). The molecule has 0 amide bonds. The molecule has 1 aliphatic rings. The molecule has 0 unspecified atom stereocenters. The lowest BCUT2D eigenvalue weighted by Gasteiger charge is -2.31. The van der Waals surface area contributed by atoms with Crippen LogP contribution in [0.15, 0.2) is 0 Å². The Kier molecular flexibility index (Phi) is 5.15. The molecule has 0 radical (unpaired) electrons. The third kappa shape index (κ3) is 3.61. The van der Waals surface area contributed by atoms with Gasteiger partial charge in [0.25, 0.3) is 6.43 Å². The SMILES string of the molecule is Cl.N[C@H](C(F)F)C1CCC(F)(F)CC1. The lowest BCUT2D eigenvalue weighted by atomic mass is 9.82. The summed E-state index contributed by atoms with van der Waals surface area (Å²) in [5, 5.41) is 0. The van der Waals surface area contributed by atoms with E-state index in [1.807, 2.05) is 0 Å². The van der Waals surface area contributed by atoms with Gasteiger partial charge in [-0.15, -0.1) is 12.4 Å². The highest BCUT2D eigenvalue weighted by Gasteiger charge is 2.38. The fraction of sp³-hybridized carbons (Fsp3) is 1.00. The molecule has 1 saturated carbocycles. The Labute approximate surface area is 86.4 Å². The zero-order valence-electron chi connectivity index (χ0n) is 7.56. The van der Waals surface area contributed by atoms with Crippen LogP contribution in [0.2, 0.25) is 0 Å². The highest BCUT2D eigenvalue weighted by atomic mass is 35.5. The van der Waals surface area contributed by atoms with E-state index in [4.69, 9.17) is 5.73 Å². The summed E-state index contributed by atoms with van der Waals surface area (Å²) in [5.74, 6) is -3.11. The zero-order chi connectivity index (χ0) is 10.1. The van der Waals surface area contributed by atoms with Gasteiger partial charge in [0.1, 0.15) is 0 Å². The summed E-state index contributed by atoms with van der Waals surface area (Å²) in [6.07, 6.45) is -3.00. The first-order valence-corrected chi connectivity index (χ1v) is 4.34. The summed E-state index contributed by atoms with van der Waals surface area (Å²) in [6, 6.07) is -1.24. The zero-order valence-corrected chi connectivity index (χ0v) is 8.37. The molecule has 6 heteroatoms. The maximum absolute atomic E-state index is 12.6. The maximum atomic E-state index is 12.6. The third-order valence-corrected chi connectivity index (χ3v) is 2.60. The van der Waals surface area contributed by atoms with Crippen molar-refractivity contribution in [3.63, 3.8) is 0 Å². The van der Waals surface area contributed by atoms with Crippen molar-refractivity contribution in [1.29, 1.82) is 0 Å². The van der Waals surface area contributed by atoms with Crippen LogP contribution in [0.25, 0.3) is 0 Å². The standard InChI is InChI=1S/C8H13F4N.ClH/c9-7(10)6(13)5-1-3-8(11,12)4-2-5;/h5-7H,1-4,13H2;1H/t6-;/m0./s1. The summed E-state index contributed by atoms with van der Waals surface area (Å²) < 4.78 is 49.4. The van der Waals surface area contributed by atoms with Gasteiger partial charge in [-0.05, 0) is 18.8 Å². The molecule has 1 nitrogen and oxygen atoms in total. The van der Waals surface area contributed by atoms with Crippen LogP contribution in [-0.2, 0) is 0 Å². The molecule has 0 aromatic heterocycles. The molecule has 0 aromatic rings. The van der Waals surface area contributed by atoms with Crippen LogP contribution >= 0.6 is 12.4 Å². The quantitative estimate of drug-likeness (QED) is 0.732. The van der Waals surface area contributed by atoms with E-state index in [2.05, 4.69) is 0 Å². The van der Waals surface area contributed by atoms with E-state index < -0.39 is 24.3 Å². The molecule has 1 atom stereocenters. The van der Waals surface area contributed by atoms with E-state index in [0.717, 1.165) is 0 Å². The van der Waals surface area contributed by atoms with Gasteiger partial charge >= 0.3 is 0 Å². The number of halogens is 5. The van der Waals surface area contributed by atoms with Crippen molar-refractivity contribution in [2.24, 2.45) is 11.7 Å². The van der Waals surface area contributed by atoms with Crippen LogP contribution in [0.4, 0.5) is 17.6 Å². The summed E-state index contributed by atoms with van der Waals surface area (Å²) in [6.45, 7) is 0. The molecule has 0 aromatic carbocycles. The number of hydrogen-bond donors (Lipinski definition) is 1. The topological polar surface area (TPSA) is 26.0 Å². The van der Waals surface area contributed by atoms with Crippen molar-refractivity contribution in [2.45, 2.75) is 44.1 Å². The predicted octanol–water partition coefficient (Wildman–Crippen LogP) is 2.83. The Hall–Kier alpha value is -0.0300. The third-order valence-electron chi connectivity index (χ3n) is 2.60. The average molecular weight is 236 g/mol. The second-order valence-corrected chi connectivity index (χ2v) is 3.61.